The highest BCUT2D eigenvalue weighted by molar-refractivity contribution is 6.34. The van der Waals surface area contributed by atoms with Crippen LogP contribution in [0.25, 0.3) is 5.69 Å². The van der Waals surface area contributed by atoms with Crippen molar-refractivity contribution in [2.45, 2.75) is 18.6 Å². The number of benzene rings is 2. The number of hydrogen-bond acceptors (Lipinski definition) is 4. The molecule has 2 heterocycles. The molecule has 1 aliphatic rings. The summed E-state index contributed by atoms with van der Waals surface area (Å²) in [5.41, 5.74) is -0.0217. The Morgan fingerprint density at radius 1 is 1.03 bits per heavy atom. The van der Waals surface area contributed by atoms with E-state index in [0.717, 1.165) is 10.6 Å². The monoisotopic (exact) mass is 552 g/mol. The Morgan fingerprint density at radius 2 is 1.75 bits per heavy atom. The second-order valence-corrected chi connectivity index (χ2v) is 9.31. The number of carbonyl (C=O) groups excluding carboxylic acids is 2. The van der Waals surface area contributed by atoms with Gasteiger partial charge < -0.3 is 20.3 Å². The van der Waals surface area contributed by atoms with Crippen molar-refractivity contribution < 1.29 is 18.7 Å². The van der Waals surface area contributed by atoms with Gasteiger partial charge in [0.2, 0.25) is 5.91 Å². The molecule has 4 rings (SSSR count). The molecule has 1 aromatic heterocycles. The molecular weight excluding hydrogens is 534 g/mol. The van der Waals surface area contributed by atoms with E-state index in [0.29, 0.717) is 10.7 Å². The van der Waals surface area contributed by atoms with Crippen LogP contribution in [0.2, 0.25) is 15.1 Å². The summed E-state index contributed by atoms with van der Waals surface area (Å²) in [7, 11) is 1.49. The van der Waals surface area contributed by atoms with E-state index in [9.17, 15) is 18.8 Å². The van der Waals surface area contributed by atoms with E-state index in [1.165, 1.54) is 36.4 Å². The third kappa shape index (κ3) is 5.65. The molecule has 1 fully saturated rings. The lowest BCUT2D eigenvalue weighted by Crippen LogP contribution is -2.45. The highest BCUT2D eigenvalue weighted by Crippen LogP contribution is 2.25. The number of carbonyl (C=O) groups is 2. The van der Waals surface area contributed by atoms with Crippen LogP contribution in [0.5, 0.6) is 0 Å². The highest BCUT2D eigenvalue weighted by atomic mass is 35.5. The minimum Gasteiger partial charge on any atom is -0.380 e. The third-order valence-corrected chi connectivity index (χ3v) is 6.41. The molecule has 12 heteroatoms. The van der Waals surface area contributed by atoms with Gasteiger partial charge >= 0.3 is 6.03 Å². The highest BCUT2D eigenvalue weighted by Gasteiger charge is 2.40. The maximum Gasteiger partial charge on any atom is 0.322 e. The van der Waals surface area contributed by atoms with Crippen LogP contribution in [0, 0.1) is 5.82 Å². The molecule has 2 aromatic carbocycles. The van der Waals surface area contributed by atoms with Crippen LogP contribution in [0.4, 0.5) is 20.6 Å². The predicted octanol–water partition coefficient (Wildman–Crippen LogP) is 5.20. The summed E-state index contributed by atoms with van der Waals surface area (Å²) in [5.74, 6) is -1.38. The molecule has 36 heavy (non-hydrogen) atoms. The standard InChI is InChI=1S/C24H20Cl3FN4O4/c1-36-17-10-21(32(12-17)24(35)29-15-4-2-13(25)3-5-15)22(33)30-20-7-6-16(9-19(20)28)31-11-14(26)8-18(27)23(31)34/h2-9,11,17,21H,10,12H2,1H3,(H,29,35)(H,30,33)/t17-,21-/m1/s1. The number of amides is 3. The molecular formula is C24H20Cl3FN4O4. The van der Waals surface area contributed by atoms with Crippen molar-refractivity contribution in [1.29, 1.82) is 0 Å². The van der Waals surface area contributed by atoms with Gasteiger partial charge in [0.1, 0.15) is 16.9 Å². The molecule has 1 saturated heterocycles. The van der Waals surface area contributed by atoms with Gasteiger partial charge in [0.15, 0.2) is 0 Å². The smallest absolute Gasteiger partial charge is 0.322 e. The number of urea groups is 1. The Hall–Kier alpha value is -3.11. The van der Waals surface area contributed by atoms with Crippen LogP contribution >= 0.6 is 34.8 Å². The summed E-state index contributed by atoms with van der Waals surface area (Å²) in [4.78, 5) is 39.6. The summed E-state index contributed by atoms with van der Waals surface area (Å²) in [6.07, 6.45) is 1.17. The largest absolute Gasteiger partial charge is 0.380 e. The summed E-state index contributed by atoms with van der Waals surface area (Å²) < 4.78 is 21.4. The predicted molar refractivity (Wildman–Crippen MR) is 137 cm³/mol. The molecule has 0 saturated carbocycles. The number of halogens is 4. The van der Waals surface area contributed by atoms with Crippen molar-refractivity contribution in [3.63, 3.8) is 0 Å². The number of nitrogens with one attached hydrogen (secondary N) is 2. The fraction of sp³-hybridized carbons (Fsp3) is 0.208. The first-order valence-corrected chi connectivity index (χ1v) is 11.8. The fourth-order valence-corrected chi connectivity index (χ4v) is 4.45. The maximum absolute atomic E-state index is 14.9. The van der Waals surface area contributed by atoms with Crippen LogP contribution in [-0.2, 0) is 9.53 Å². The van der Waals surface area contributed by atoms with Crippen molar-refractivity contribution in [3.05, 3.63) is 86.0 Å². The second kappa shape index (κ2) is 10.9. The van der Waals surface area contributed by atoms with E-state index in [1.807, 2.05) is 0 Å². The molecule has 2 N–H and O–H groups in total. The molecule has 188 valence electrons. The van der Waals surface area contributed by atoms with Gasteiger partial charge in [0, 0.05) is 43.0 Å². The zero-order valence-electron chi connectivity index (χ0n) is 18.8. The molecule has 0 spiro atoms. The molecule has 8 nitrogen and oxygen atoms in total. The molecule has 3 aromatic rings. The number of aromatic nitrogens is 1. The molecule has 0 unspecified atom stereocenters. The van der Waals surface area contributed by atoms with Gasteiger partial charge in [0.05, 0.1) is 22.5 Å². The average Bonchev–Trinajstić information content (AvgIpc) is 3.29. The molecule has 0 aliphatic carbocycles. The Labute approximate surface area is 220 Å². The Bertz CT molecular complexity index is 1370. The van der Waals surface area contributed by atoms with Gasteiger partial charge in [-0.25, -0.2) is 9.18 Å². The van der Waals surface area contributed by atoms with Gasteiger partial charge in [-0.05, 0) is 42.5 Å². The second-order valence-electron chi connectivity index (χ2n) is 8.03. The van der Waals surface area contributed by atoms with E-state index >= 15 is 0 Å². The fourth-order valence-electron chi connectivity index (χ4n) is 3.85. The summed E-state index contributed by atoms with van der Waals surface area (Å²) >= 11 is 17.7. The number of rotatable bonds is 5. The quantitative estimate of drug-likeness (QED) is 0.454. The van der Waals surface area contributed by atoms with Crippen LogP contribution in [0.3, 0.4) is 0 Å². The van der Waals surface area contributed by atoms with Crippen molar-refractivity contribution in [3.8, 4) is 5.69 Å². The minimum absolute atomic E-state index is 0.119. The van der Waals surface area contributed by atoms with Gasteiger partial charge in [-0.2, -0.15) is 0 Å². The van der Waals surface area contributed by atoms with Crippen molar-refractivity contribution >= 4 is 58.1 Å². The number of anilines is 2. The Kier molecular flexibility index (Phi) is 7.85. The van der Waals surface area contributed by atoms with Gasteiger partial charge in [-0.3, -0.25) is 14.2 Å². The van der Waals surface area contributed by atoms with Crippen molar-refractivity contribution in [2.75, 3.05) is 24.3 Å². The van der Waals surface area contributed by atoms with Gasteiger partial charge in [-0.1, -0.05) is 34.8 Å². The number of pyridine rings is 1. The number of methoxy groups -OCH3 is 1. The summed E-state index contributed by atoms with van der Waals surface area (Å²) in [6.45, 7) is 0.174. The number of nitrogens with zero attached hydrogens (tertiary/aromatic N) is 2. The van der Waals surface area contributed by atoms with E-state index in [1.54, 1.807) is 24.3 Å². The lowest BCUT2D eigenvalue weighted by molar-refractivity contribution is -0.119. The maximum atomic E-state index is 14.9. The molecule has 3 amide bonds. The van der Waals surface area contributed by atoms with E-state index in [-0.39, 0.29) is 40.5 Å². The summed E-state index contributed by atoms with van der Waals surface area (Å²) in [6, 6.07) is 10.2. The van der Waals surface area contributed by atoms with E-state index in [4.69, 9.17) is 39.5 Å². The number of ether oxygens (including phenoxy) is 1. The van der Waals surface area contributed by atoms with Crippen LogP contribution in [0.15, 0.2) is 59.5 Å². The summed E-state index contributed by atoms with van der Waals surface area (Å²) in [5, 5.41) is 5.84. The minimum atomic E-state index is -0.907. The number of hydrogen-bond donors (Lipinski definition) is 2. The van der Waals surface area contributed by atoms with Crippen LogP contribution in [0.1, 0.15) is 6.42 Å². The lowest BCUT2D eigenvalue weighted by Gasteiger charge is -2.24. The molecule has 2 atom stereocenters. The zero-order chi connectivity index (χ0) is 26.0. The molecule has 1 aliphatic heterocycles. The first kappa shape index (κ1) is 26.0. The van der Waals surface area contributed by atoms with Gasteiger partial charge in [-0.15, -0.1) is 0 Å². The average molecular weight is 554 g/mol. The van der Waals surface area contributed by atoms with Crippen molar-refractivity contribution in [2.24, 2.45) is 0 Å². The Morgan fingerprint density at radius 3 is 2.42 bits per heavy atom. The van der Waals surface area contributed by atoms with E-state index < -0.39 is 29.4 Å². The first-order valence-electron chi connectivity index (χ1n) is 10.7. The first-order chi connectivity index (χ1) is 17.2. The lowest BCUT2D eigenvalue weighted by atomic mass is 10.1. The van der Waals surface area contributed by atoms with E-state index in [2.05, 4.69) is 10.6 Å². The normalized spacial score (nSPS) is 17.2. The van der Waals surface area contributed by atoms with Crippen LogP contribution < -0.4 is 16.2 Å². The topological polar surface area (TPSA) is 92.7 Å². The number of likely N-dealkylation sites (tertiary alicyclic amines) is 1. The molecule has 0 bridgehead atoms. The zero-order valence-corrected chi connectivity index (χ0v) is 21.1. The SMILES string of the molecule is CO[C@@H]1C[C@H](C(=O)Nc2ccc(-n3cc(Cl)cc(Cl)c3=O)cc2F)N(C(=O)Nc2ccc(Cl)cc2)C1. The van der Waals surface area contributed by atoms with Crippen molar-refractivity contribution in [1.82, 2.24) is 9.47 Å². The van der Waals surface area contributed by atoms with Crippen LogP contribution in [-0.4, -0.2) is 47.2 Å². The third-order valence-electron chi connectivity index (χ3n) is 5.68. The Balaban J connectivity index is 1.52. The molecule has 0 radical (unpaired) electrons. The van der Waals surface area contributed by atoms with Gasteiger partial charge in [0.25, 0.3) is 5.56 Å².